The topological polar surface area (TPSA) is 47.5 Å². The average molecular weight is 161 g/mol. The molecule has 0 bridgehead atoms. The molecular formula is C4H5N2OS2-. The number of nitrogens with one attached hydrogen (secondary N) is 1. The molecule has 0 aromatic rings. The van der Waals surface area contributed by atoms with Crippen molar-refractivity contribution in [3.05, 3.63) is 11.2 Å². The zero-order valence-corrected chi connectivity index (χ0v) is 6.38. The highest BCUT2D eigenvalue weighted by atomic mass is 32.2. The highest BCUT2D eigenvalue weighted by molar-refractivity contribution is 8.12. The Morgan fingerprint density at radius 1 is 1.89 bits per heavy atom. The van der Waals surface area contributed by atoms with Crippen LogP contribution in [0.2, 0.25) is 0 Å². The van der Waals surface area contributed by atoms with Gasteiger partial charge in [-0.1, -0.05) is 0 Å². The molecule has 3 nitrogen and oxygen atoms in total. The molecule has 0 saturated carbocycles. The summed E-state index contributed by atoms with van der Waals surface area (Å²) in [6.45, 7) is 0. The van der Waals surface area contributed by atoms with Gasteiger partial charge in [0.1, 0.15) is 5.82 Å². The molecular weight excluding hydrogens is 156 g/mol. The second-order valence-corrected chi connectivity index (χ2v) is 2.79. The van der Waals surface area contributed by atoms with E-state index in [1.165, 1.54) is 11.8 Å². The fourth-order valence-corrected chi connectivity index (χ4v) is 1.25. The second-order valence-electron chi connectivity index (χ2n) is 1.32. The van der Waals surface area contributed by atoms with E-state index in [9.17, 15) is 5.11 Å². The van der Waals surface area contributed by atoms with Crippen molar-refractivity contribution in [2.75, 3.05) is 6.26 Å². The van der Waals surface area contributed by atoms with E-state index < -0.39 is 0 Å². The van der Waals surface area contributed by atoms with Gasteiger partial charge in [-0.05, 0) is 18.2 Å². The predicted octanol–water partition coefficient (Wildman–Crippen LogP) is 0.116. The van der Waals surface area contributed by atoms with Crippen molar-refractivity contribution in [2.45, 2.75) is 0 Å². The SMILES string of the molecule is CSC=C1N=C([O-])SN1. The zero-order chi connectivity index (χ0) is 6.69. The van der Waals surface area contributed by atoms with Gasteiger partial charge in [0.15, 0.2) is 0 Å². The largest absolute Gasteiger partial charge is 0.852 e. The molecule has 0 aliphatic carbocycles. The maximum atomic E-state index is 10.4. The monoisotopic (exact) mass is 161 g/mol. The summed E-state index contributed by atoms with van der Waals surface area (Å²) in [7, 11) is 0. The molecule has 1 aliphatic rings. The molecule has 1 N–H and O–H groups in total. The third-order valence-electron chi connectivity index (χ3n) is 0.684. The molecule has 0 atom stereocenters. The first-order chi connectivity index (χ1) is 4.33. The van der Waals surface area contributed by atoms with Crippen molar-refractivity contribution in [1.82, 2.24) is 4.72 Å². The van der Waals surface area contributed by atoms with Gasteiger partial charge in [0.2, 0.25) is 0 Å². The van der Waals surface area contributed by atoms with Gasteiger partial charge in [-0.3, -0.25) is 0 Å². The van der Waals surface area contributed by atoms with Crippen molar-refractivity contribution >= 4 is 28.9 Å². The summed E-state index contributed by atoms with van der Waals surface area (Å²) < 4.78 is 2.75. The van der Waals surface area contributed by atoms with Crippen LogP contribution in [0.3, 0.4) is 0 Å². The van der Waals surface area contributed by atoms with Crippen molar-refractivity contribution in [2.24, 2.45) is 4.99 Å². The van der Waals surface area contributed by atoms with Crippen LogP contribution in [-0.2, 0) is 0 Å². The maximum absolute atomic E-state index is 10.4. The van der Waals surface area contributed by atoms with E-state index in [0.717, 1.165) is 11.9 Å². The molecule has 1 rings (SSSR count). The first kappa shape index (κ1) is 6.82. The van der Waals surface area contributed by atoms with Crippen molar-refractivity contribution in [1.29, 1.82) is 0 Å². The number of thioether (sulfide) groups is 1. The average Bonchev–Trinajstić information content (AvgIpc) is 2.17. The van der Waals surface area contributed by atoms with Crippen LogP contribution in [-0.4, -0.2) is 11.5 Å². The highest BCUT2D eigenvalue weighted by Crippen LogP contribution is 2.13. The Bertz CT molecular complexity index is 166. The summed E-state index contributed by atoms with van der Waals surface area (Å²) in [5, 5.41) is 12.0. The van der Waals surface area contributed by atoms with E-state index in [0.29, 0.717) is 5.82 Å². The van der Waals surface area contributed by atoms with E-state index in [2.05, 4.69) is 9.71 Å². The number of aliphatic imine (C=N–C) groups is 1. The lowest BCUT2D eigenvalue weighted by molar-refractivity contribution is -0.205. The third kappa shape index (κ3) is 1.83. The van der Waals surface area contributed by atoms with Crippen LogP contribution < -0.4 is 9.83 Å². The maximum Gasteiger partial charge on any atom is 0.142 e. The van der Waals surface area contributed by atoms with Gasteiger partial charge in [0.25, 0.3) is 0 Å². The summed E-state index contributed by atoms with van der Waals surface area (Å²) in [6.07, 6.45) is 1.91. The molecule has 1 aliphatic heterocycles. The van der Waals surface area contributed by atoms with Crippen molar-refractivity contribution in [3.8, 4) is 0 Å². The van der Waals surface area contributed by atoms with Crippen molar-refractivity contribution < 1.29 is 5.11 Å². The summed E-state index contributed by atoms with van der Waals surface area (Å²) in [4.78, 5) is 3.63. The standard InChI is InChI=1S/C4H6N2OS2/c1-8-2-3-5-4(7)9-6-3/h2,6H,1H3,(H,5,7)/p-1. The van der Waals surface area contributed by atoms with Crippen LogP contribution in [0.15, 0.2) is 16.2 Å². The van der Waals surface area contributed by atoms with Gasteiger partial charge >= 0.3 is 0 Å². The van der Waals surface area contributed by atoms with E-state index >= 15 is 0 Å². The number of hydrogen-bond acceptors (Lipinski definition) is 5. The highest BCUT2D eigenvalue weighted by Gasteiger charge is 2.00. The predicted molar refractivity (Wildman–Crippen MR) is 39.8 cm³/mol. The van der Waals surface area contributed by atoms with E-state index in [1.54, 1.807) is 5.41 Å². The summed E-state index contributed by atoms with van der Waals surface area (Å²) >= 11 is 2.53. The van der Waals surface area contributed by atoms with E-state index in [1.807, 2.05) is 6.26 Å². The minimum absolute atomic E-state index is 0.171. The first-order valence-corrected chi connectivity index (χ1v) is 4.35. The molecule has 0 amide bonds. The van der Waals surface area contributed by atoms with Gasteiger partial charge in [-0.15, -0.1) is 11.8 Å². The lowest BCUT2D eigenvalue weighted by Crippen LogP contribution is -2.10. The van der Waals surface area contributed by atoms with Gasteiger partial charge in [0, 0.05) is 10.6 Å². The molecule has 0 spiro atoms. The Morgan fingerprint density at radius 3 is 3.11 bits per heavy atom. The molecule has 0 unspecified atom stereocenters. The molecule has 9 heavy (non-hydrogen) atoms. The zero-order valence-electron chi connectivity index (χ0n) is 4.75. The van der Waals surface area contributed by atoms with Gasteiger partial charge in [-0.2, -0.15) is 0 Å². The number of rotatable bonds is 1. The Labute approximate surface area is 61.8 Å². The fourth-order valence-electron chi connectivity index (χ4n) is 0.402. The lowest BCUT2D eigenvalue weighted by Gasteiger charge is -1.94. The fraction of sp³-hybridized carbons (Fsp3) is 0.250. The van der Waals surface area contributed by atoms with Crippen LogP contribution in [0.1, 0.15) is 0 Å². The van der Waals surface area contributed by atoms with Crippen LogP contribution in [0, 0.1) is 0 Å². The number of nitrogens with zero attached hydrogens (tertiary/aromatic N) is 1. The molecule has 5 heteroatoms. The molecule has 50 valence electrons. The van der Waals surface area contributed by atoms with Gasteiger partial charge in [-0.25, -0.2) is 4.99 Å². The Kier molecular flexibility index (Phi) is 2.29. The molecule has 0 aromatic carbocycles. The quantitative estimate of drug-likeness (QED) is 0.555. The van der Waals surface area contributed by atoms with Gasteiger partial charge in [0.05, 0.1) is 0 Å². The Balaban J connectivity index is 2.57. The molecule has 0 radical (unpaired) electrons. The minimum Gasteiger partial charge on any atom is -0.852 e. The summed E-state index contributed by atoms with van der Waals surface area (Å²) in [5.74, 6) is 0.650. The summed E-state index contributed by atoms with van der Waals surface area (Å²) in [5.41, 5.74) is 0. The molecule has 1 heterocycles. The molecule has 0 saturated heterocycles. The second kappa shape index (κ2) is 3.03. The van der Waals surface area contributed by atoms with Crippen LogP contribution in [0.25, 0.3) is 0 Å². The van der Waals surface area contributed by atoms with E-state index in [4.69, 9.17) is 0 Å². The minimum atomic E-state index is -0.171. The number of hydrogen-bond donors (Lipinski definition) is 1. The summed E-state index contributed by atoms with van der Waals surface area (Å²) in [6, 6.07) is 0. The lowest BCUT2D eigenvalue weighted by atomic mass is 10.9. The van der Waals surface area contributed by atoms with E-state index in [-0.39, 0.29) is 5.23 Å². The molecule has 0 aromatic heterocycles. The third-order valence-corrected chi connectivity index (χ3v) is 1.72. The van der Waals surface area contributed by atoms with Crippen LogP contribution in [0.4, 0.5) is 0 Å². The smallest absolute Gasteiger partial charge is 0.142 e. The Hall–Kier alpha value is -0.290. The molecule has 0 fully saturated rings. The first-order valence-electron chi connectivity index (χ1n) is 2.24. The van der Waals surface area contributed by atoms with Crippen LogP contribution in [0.5, 0.6) is 0 Å². The van der Waals surface area contributed by atoms with Crippen LogP contribution >= 0.6 is 23.7 Å². The van der Waals surface area contributed by atoms with Gasteiger partial charge < -0.3 is 9.83 Å². The van der Waals surface area contributed by atoms with Crippen molar-refractivity contribution in [3.63, 3.8) is 0 Å². The normalized spacial score (nSPS) is 21.9. The Morgan fingerprint density at radius 2 is 2.67 bits per heavy atom.